The Hall–Kier alpha value is -1.70. The van der Waals surface area contributed by atoms with Crippen molar-refractivity contribution in [2.75, 3.05) is 13.1 Å². The third kappa shape index (κ3) is 5.59. The second kappa shape index (κ2) is 10.1. The van der Waals surface area contributed by atoms with Gasteiger partial charge in [-0.3, -0.25) is 4.79 Å². The number of hydrogen-bond acceptors (Lipinski definition) is 5. The van der Waals surface area contributed by atoms with Gasteiger partial charge < -0.3 is 10.6 Å². The summed E-state index contributed by atoms with van der Waals surface area (Å²) in [6.45, 7) is 5.52. The van der Waals surface area contributed by atoms with Crippen molar-refractivity contribution < 1.29 is 4.79 Å². The summed E-state index contributed by atoms with van der Waals surface area (Å²) in [5, 5.41) is 10.1. The molecule has 0 saturated heterocycles. The first-order valence-electron chi connectivity index (χ1n) is 6.53. The molecule has 0 radical (unpaired) electrons. The van der Waals surface area contributed by atoms with Crippen molar-refractivity contribution in [2.24, 2.45) is 0 Å². The van der Waals surface area contributed by atoms with Crippen LogP contribution in [-0.4, -0.2) is 44.8 Å². The van der Waals surface area contributed by atoms with Crippen LogP contribution in [0.4, 0.5) is 0 Å². The highest BCUT2D eigenvalue weighted by Crippen LogP contribution is 2.03. The van der Waals surface area contributed by atoms with Gasteiger partial charge in [0.1, 0.15) is 12.7 Å². The van der Waals surface area contributed by atoms with E-state index in [1.165, 1.54) is 17.2 Å². The second-order valence-electron chi connectivity index (χ2n) is 4.41. The maximum absolute atomic E-state index is 11.9. The molecule has 0 fully saturated rings. The van der Waals surface area contributed by atoms with Crippen LogP contribution in [0.15, 0.2) is 31.0 Å². The van der Waals surface area contributed by atoms with Crippen molar-refractivity contribution in [1.29, 1.82) is 0 Å². The van der Waals surface area contributed by atoms with Crippen LogP contribution in [0.2, 0.25) is 0 Å². The average molecular weight is 347 g/mol. The van der Waals surface area contributed by atoms with Crippen LogP contribution >= 0.6 is 24.8 Å². The van der Waals surface area contributed by atoms with Crippen LogP contribution in [0.25, 0.3) is 5.82 Å². The van der Waals surface area contributed by atoms with Gasteiger partial charge in [-0.15, -0.1) is 24.8 Å². The number of nitrogens with zero attached hydrogens (tertiary/aromatic N) is 4. The molecule has 9 heteroatoms. The number of pyridine rings is 1. The zero-order valence-corrected chi connectivity index (χ0v) is 14.0. The van der Waals surface area contributed by atoms with Crippen LogP contribution in [0.1, 0.15) is 24.2 Å². The van der Waals surface area contributed by atoms with Crippen LogP contribution in [0, 0.1) is 0 Å². The third-order valence-electron chi connectivity index (χ3n) is 2.78. The monoisotopic (exact) mass is 346 g/mol. The molecule has 22 heavy (non-hydrogen) atoms. The van der Waals surface area contributed by atoms with E-state index in [1.807, 2.05) is 13.8 Å². The van der Waals surface area contributed by atoms with Crippen molar-refractivity contribution in [3.05, 3.63) is 36.5 Å². The quantitative estimate of drug-likeness (QED) is 0.821. The summed E-state index contributed by atoms with van der Waals surface area (Å²) < 4.78 is 1.54. The minimum Gasteiger partial charge on any atom is -0.350 e. The highest BCUT2D eigenvalue weighted by molar-refractivity contribution is 5.93. The molecule has 1 atom stereocenters. The number of likely N-dealkylation sites (N-methyl/N-ethyl adjacent to an activating group) is 1. The van der Waals surface area contributed by atoms with Crippen molar-refractivity contribution in [1.82, 2.24) is 30.4 Å². The Labute approximate surface area is 141 Å². The van der Waals surface area contributed by atoms with Gasteiger partial charge in [-0.25, -0.2) is 14.6 Å². The van der Waals surface area contributed by atoms with Gasteiger partial charge in [0.25, 0.3) is 5.91 Å². The Morgan fingerprint density at radius 2 is 2.14 bits per heavy atom. The molecule has 2 aromatic heterocycles. The Balaban J connectivity index is 0.00000220. The number of amides is 1. The van der Waals surface area contributed by atoms with Crippen molar-refractivity contribution in [3.8, 4) is 5.82 Å². The molecule has 0 spiro atoms. The van der Waals surface area contributed by atoms with Gasteiger partial charge in [-0.1, -0.05) is 6.92 Å². The minimum atomic E-state index is -0.132. The Bertz CT molecular complexity index is 546. The predicted octanol–water partition coefficient (Wildman–Crippen LogP) is 1.23. The Morgan fingerprint density at radius 3 is 2.68 bits per heavy atom. The Kier molecular flexibility index (Phi) is 9.32. The van der Waals surface area contributed by atoms with E-state index in [-0.39, 0.29) is 36.8 Å². The molecule has 0 aliphatic heterocycles. The normalized spacial score (nSPS) is 11.0. The van der Waals surface area contributed by atoms with Crippen LogP contribution < -0.4 is 10.6 Å². The van der Waals surface area contributed by atoms with Gasteiger partial charge in [0, 0.05) is 18.8 Å². The maximum Gasteiger partial charge on any atom is 0.252 e. The first-order chi connectivity index (χ1) is 9.70. The maximum atomic E-state index is 11.9. The summed E-state index contributed by atoms with van der Waals surface area (Å²) in [5.74, 6) is 0.493. The van der Waals surface area contributed by atoms with E-state index in [1.54, 1.807) is 18.5 Å². The zero-order chi connectivity index (χ0) is 14.4. The molecule has 0 aromatic carbocycles. The zero-order valence-electron chi connectivity index (χ0n) is 12.4. The summed E-state index contributed by atoms with van der Waals surface area (Å²) in [7, 11) is 0. The van der Waals surface area contributed by atoms with E-state index >= 15 is 0 Å². The lowest BCUT2D eigenvalue weighted by atomic mass is 10.2. The molecule has 2 N–H and O–H groups in total. The van der Waals surface area contributed by atoms with Crippen molar-refractivity contribution in [2.45, 2.75) is 19.9 Å². The van der Waals surface area contributed by atoms with Crippen LogP contribution in [0.3, 0.4) is 0 Å². The number of hydrogen-bond donors (Lipinski definition) is 2. The summed E-state index contributed by atoms with van der Waals surface area (Å²) >= 11 is 0. The fourth-order valence-corrected chi connectivity index (χ4v) is 1.75. The molecule has 0 aliphatic carbocycles. The molecule has 1 amide bonds. The molecule has 0 saturated carbocycles. The average Bonchev–Trinajstić information content (AvgIpc) is 2.99. The summed E-state index contributed by atoms with van der Waals surface area (Å²) in [6, 6.07) is 3.69. The van der Waals surface area contributed by atoms with E-state index < -0.39 is 0 Å². The van der Waals surface area contributed by atoms with E-state index in [4.69, 9.17) is 0 Å². The summed E-state index contributed by atoms with van der Waals surface area (Å²) in [5.41, 5.74) is 0.526. The van der Waals surface area contributed by atoms with Crippen LogP contribution in [-0.2, 0) is 0 Å². The first-order valence-corrected chi connectivity index (χ1v) is 6.53. The molecule has 2 aromatic rings. The molecule has 0 unspecified atom stereocenters. The van der Waals surface area contributed by atoms with Gasteiger partial charge in [0.2, 0.25) is 0 Å². The highest BCUT2D eigenvalue weighted by Gasteiger charge is 2.08. The van der Waals surface area contributed by atoms with E-state index in [0.717, 1.165) is 6.54 Å². The van der Waals surface area contributed by atoms with Crippen molar-refractivity contribution >= 4 is 30.7 Å². The van der Waals surface area contributed by atoms with Gasteiger partial charge in [0.05, 0.1) is 5.56 Å². The van der Waals surface area contributed by atoms with Crippen LogP contribution in [0.5, 0.6) is 0 Å². The standard InChI is InChI=1S/C13H18N6O.2ClH/c1-3-15-10(2)6-17-13(20)11-4-5-12(16-7-11)19-9-14-8-18-19;;/h4-5,7-10,15H,3,6H2,1-2H3,(H,17,20);2*1H/t10-;;/m1../s1. The molecule has 2 rings (SSSR count). The lowest BCUT2D eigenvalue weighted by Gasteiger charge is -2.13. The minimum absolute atomic E-state index is 0. The molecular weight excluding hydrogens is 327 g/mol. The molecule has 0 aliphatic rings. The second-order valence-corrected chi connectivity index (χ2v) is 4.41. The predicted molar refractivity (Wildman–Crippen MR) is 89.1 cm³/mol. The summed E-state index contributed by atoms with van der Waals surface area (Å²) in [4.78, 5) is 20.0. The highest BCUT2D eigenvalue weighted by atomic mass is 35.5. The number of nitrogens with one attached hydrogen (secondary N) is 2. The van der Waals surface area contributed by atoms with E-state index in [2.05, 4.69) is 25.7 Å². The summed E-state index contributed by atoms with van der Waals surface area (Å²) in [6.07, 6.45) is 4.52. The SMILES string of the molecule is CCN[C@H](C)CNC(=O)c1ccc(-n2cncn2)nc1.Cl.Cl. The van der Waals surface area contributed by atoms with Crippen molar-refractivity contribution in [3.63, 3.8) is 0 Å². The third-order valence-corrected chi connectivity index (χ3v) is 2.78. The molecule has 2 heterocycles. The number of carbonyl (C=O) groups is 1. The molecular formula is C13H20Cl2N6O. The number of aromatic nitrogens is 4. The van der Waals surface area contributed by atoms with Gasteiger partial charge in [-0.05, 0) is 25.6 Å². The fourth-order valence-electron chi connectivity index (χ4n) is 1.75. The number of carbonyl (C=O) groups excluding carboxylic acids is 1. The van der Waals surface area contributed by atoms with Gasteiger partial charge in [-0.2, -0.15) is 5.10 Å². The van der Waals surface area contributed by atoms with E-state index in [0.29, 0.717) is 17.9 Å². The fraction of sp³-hybridized carbons (Fsp3) is 0.385. The topological polar surface area (TPSA) is 84.7 Å². The molecule has 0 bridgehead atoms. The smallest absolute Gasteiger partial charge is 0.252 e. The lowest BCUT2D eigenvalue weighted by Crippen LogP contribution is -2.38. The largest absolute Gasteiger partial charge is 0.350 e. The van der Waals surface area contributed by atoms with Gasteiger partial charge >= 0.3 is 0 Å². The number of halogens is 2. The van der Waals surface area contributed by atoms with E-state index in [9.17, 15) is 4.79 Å². The Morgan fingerprint density at radius 1 is 1.36 bits per heavy atom. The van der Waals surface area contributed by atoms with Gasteiger partial charge in [0.15, 0.2) is 5.82 Å². The number of rotatable bonds is 6. The molecule has 7 nitrogen and oxygen atoms in total. The lowest BCUT2D eigenvalue weighted by molar-refractivity contribution is 0.0950. The first kappa shape index (κ1) is 20.3. The molecule has 122 valence electrons.